The topological polar surface area (TPSA) is 65.5 Å². The number of rotatable bonds is 5. The van der Waals surface area contributed by atoms with Gasteiger partial charge in [0.25, 0.3) is 0 Å². The van der Waals surface area contributed by atoms with Crippen LogP contribution >= 0.6 is 0 Å². The zero-order valence-corrected chi connectivity index (χ0v) is 12.0. The van der Waals surface area contributed by atoms with Gasteiger partial charge >= 0.3 is 0 Å². The van der Waals surface area contributed by atoms with E-state index in [4.69, 9.17) is 0 Å². The minimum absolute atomic E-state index is 0.00955. The highest BCUT2D eigenvalue weighted by molar-refractivity contribution is 5.75. The van der Waals surface area contributed by atoms with Gasteiger partial charge in [-0.2, -0.15) is 0 Å². The highest BCUT2D eigenvalue weighted by atomic mass is 16.3. The molecule has 0 saturated carbocycles. The number of likely N-dealkylation sites (tertiary alicyclic amines) is 1. The highest BCUT2D eigenvalue weighted by Gasteiger charge is 2.33. The number of amides is 1. The largest absolute Gasteiger partial charge is 0.389 e. The fourth-order valence-corrected chi connectivity index (χ4v) is 2.76. The smallest absolute Gasteiger partial charge is 0.219 e. The molecule has 5 nitrogen and oxygen atoms in total. The van der Waals surface area contributed by atoms with E-state index in [9.17, 15) is 9.90 Å². The summed E-state index contributed by atoms with van der Waals surface area (Å²) in [6.07, 6.45) is 6.23. The van der Waals surface area contributed by atoms with Crippen LogP contribution in [0.3, 0.4) is 0 Å². The summed E-state index contributed by atoms with van der Waals surface area (Å²) in [5, 5.41) is 13.2. The molecule has 1 aromatic rings. The average Bonchev–Trinajstić information content (AvgIpc) is 2.46. The van der Waals surface area contributed by atoms with Crippen LogP contribution in [0.25, 0.3) is 0 Å². The van der Waals surface area contributed by atoms with Crippen LogP contribution in [0.1, 0.15) is 31.2 Å². The molecule has 0 spiro atoms. The van der Waals surface area contributed by atoms with E-state index in [1.54, 1.807) is 19.4 Å². The van der Waals surface area contributed by atoms with Crippen molar-refractivity contribution in [2.24, 2.45) is 0 Å². The second-order valence-corrected chi connectivity index (χ2v) is 5.57. The van der Waals surface area contributed by atoms with E-state index in [1.165, 1.54) is 5.56 Å². The Hall–Kier alpha value is -1.46. The van der Waals surface area contributed by atoms with Crippen molar-refractivity contribution in [2.75, 3.05) is 20.1 Å². The Morgan fingerprint density at radius 3 is 2.95 bits per heavy atom. The molecule has 1 saturated heterocycles. The van der Waals surface area contributed by atoms with E-state index in [1.807, 2.05) is 12.1 Å². The van der Waals surface area contributed by atoms with E-state index in [-0.39, 0.29) is 5.91 Å². The molecular weight excluding hydrogens is 254 g/mol. The fourth-order valence-electron chi connectivity index (χ4n) is 2.76. The Morgan fingerprint density at radius 2 is 2.25 bits per heavy atom. The maximum Gasteiger partial charge on any atom is 0.219 e. The Morgan fingerprint density at radius 1 is 1.50 bits per heavy atom. The second kappa shape index (κ2) is 6.81. The summed E-state index contributed by atoms with van der Waals surface area (Å²) in [6.45, 7) is 2.45. The first-order valence-electron chi connectivity index (χ1n) is 7.15. The highest BCUT2D eigenvalue weighted by Crippen LogP contribution is 2.26. The minimum Gasteiger partial charge on any atom is -0.389 e. The lowest BCUT2D eigenvalue weighted by atomic mass is 9.88. The zero-order valence-electron chi connectivity index (χ0n) is 12.0. The van der Waals surface area contributed by atoms with Gasteiger partial charge in [0.1, 0.15) is 0 Å². The molecule has 0 aromatic carbocycles. The van der Waals surface area contributed by atoms with Crippen LogP contribution in [-0.2, 0) is 11.3 Å². The minimum atomic E-state index is -0.738. The van der Waals surface area contributed by atoms with Gasteiger partial charge in [-0.15, -0.1) is 0 Å². The van der Waals surface area contributed by atoms with Gasteiger partial charge in [-0.25, -0.2) is 0 Å². The first-order valence-corrected chi connectivity index (χ1v) is 7.15. The predicted octanol–water partition coefficient (Wildman–Crippen LogP) is 0.935. The number of hydrogen-bond acceptors (Lipinski definition) is 4. The molecule has 1 aromatic heterocycles. The molecule has 1 amide bonds. The molecule has 1 atom stereocenters. The maximum absolute atomic E-state index is 11.3. The van der Waals surface area contributed by atoms with E-state index < -0.39 is 5.60 Å². The van der Waals surface area contributed by atoms with Gasteiger partial charge in [0, 0.05) is 39.0 Å². The first kappa shape index (κ1) is 14.9. The number of pyridine rings is 1. The molecular formula is C15H23N3O2. The van der Waals surface area contributed by atoms with E-state index >= 15 is 0 Å². The van der Waals surface area contributed by atoms with Crippen molar-refractivity contribution in [2.45, 2.75) is 37.8 Å². The molecule has 1 aliphatic heterocycles. The number of carbonyl (C=O) groups is 1. The van der Waals surface area contributed by atoms with Gasteiger partial charge < -0.3 is 10.4 Å². The number of nitrogens with zero attached hydrogens (tertiary/aromatic N) is 2. The standard InChI is InChI=1S/C15H23N3O2/c1-16-14(19)3-7-15(20)6-2-10-18(12-15)11-13-4-8-17-9-5-13/h4-5,8-9,20H,2-3,6-7,10-12H2,1H3,(H,16,19)/t15-/m0/s1. The van der Waals surface area contributed by atoms with Crippen LogP contribution in [0, 0.1) is 0 Å². The molecule has 2 N–H and O–H groups in total. The van der Waals surface area contributed by atoms with Crippen LogP contribution in [0.2, 0.25) is 0 Å². The number of piperidine rings is 1. The summed E-state index contributed by atoms with van der Waals surface area (Å²) >= 11 is 0. The normalized spacial score (nSPS) is 23.5. The van der Waals surface area contributed by atoms with Crippen molar-refractivity contribution in [3.8, 4) is 0 Å². The predicted molar refractivity (Wildman–Crippen MR) is 77.0 cm³/mol. The maximum atomic E-state index is 11.3. The molecule has 1 aliphatic rings. The lowest BCUT2D eigenvalue weighted by Gasteiger charge is -2.39. The Balaban J connectivity index is 1.89. The molecule has 110 valence electrons. The third kappa shape index (κ3) is 4.28. The second-order valence-electron chi connectivity index (χ2n) is 5.57. The van der Waals surface area contributed by atoms with Crippen LogP contribution in [0.15, 0.2) is 24.5 Å². The molecule has 20 heavy (non-hydrogen) atoms. The quantitative estimate of drug-likeness (QED) is 0.840. The third-order valence-electron chi connectivity index (χ3n) is 3.89. The Kier molecular flexibility index (Phi) is 5.09. The number of β-amino-alcohol motifs (C(OH)–C–C–N with tert-alkyl or cyclic N) is 1. The average molecular weight is 277 g/mol. The fraction of sp³-hybridized carbons (Fsp3) is 0.600. The summed E-state index contributed by atoms with van der Waals surface area (Å²) in [5.41, 5.74) is 0.466. The summed E-state index contributed by atoms with van der Waals surface area (Å²) in [7, 11) is 1.63. The van der Waals surface area contributed by atoms with Gasteiger partial charge in [-0.3, -0.25) is 14.7 Å². The van der Waals surface area contributed by atoms with E-state index in [0.29, 0.717) is 19.4 Å². The van der Waals surface area contributed by atoms with Crippen LogP contribution in [0.5, 0.6) is 0 Å². The Bertz CT molecular complexity index is 438. The molecule has 0 aliphatic carbocycles. The van der Waals surface area contributed by atoms with Crippen molar-refractivity contribution in [1.29, 1.82) is 0 Å². The number of carbonyl (C=O) groups excluding carboxylic acids is 1. The summed E-state index contributed by atoms with van der Waals surface area (Å²) in [4.78, 5) is 17.6. The monoisotopic (exact) mass is 277 g/mol. The molecule has 5 heteroatoms. The van der Waals surface area contributed by atoms with Crippen molar-refractivity contribution in [3.05, 3.63) is 30.1 Å². The molecule has 2 rings (SSSR count). The van der Waals surface area contributed by atoms with Gasteiger partial charge in [-0.05, 0) is 43.5 Å². The number of aliphatic hydroxyl groups is 1. The lowest BCUT2D eigenvalue weighted by Crippen LogP contribution is -2.48. The first-order chi connectivity index (χ1) is 9.61. The van der Waals surface area contributed by atoms with E-state index in [2.05, 4.69) is 15.2 Å². The molecule has 0 radical (unpaired) electrons. The van der Waals surface area contributed by atoms with Gasteiger partial charge in [0.15, 0.2) is 0 Å². The van der Waals surface area contributed by atoms with Crippen LogP contribution < -0.4 is 5.32 Å². The Labute approximate surface area is 120 Å². The number of hydrogen-bond donors (Lipinski definition) is 2. The van der Waals surface area contributed by atoms with Crippen LogP contribution in [0.4, 0.5) is 0 Å². The summed E-state index contributed by atoms with van der Waals surface area (Å²) in [6, 6.07) is 4.00. The van der Waals surface area contributed by atoms with Crippen molar-refractivity contribution < 1.29 is 9.90 Å². The summed E-state index contributed by atoms with van der Waals surface area (Å²) < 4.78 is 0. The van der Waals surface area contributed by atoms with Crippen molar-refractivity contribution >= 4 is 5.91 Å². The number of nitrogens with one attached hydrogen (secondary N) is 1. The van der Waals surface area contributed by atoms with Crippen molar-refractivity contribution in [1.82, 2.24) is 15.2 Å². The van der Waals surface area contributed by atoms with Gasteiger partial charge in [0.05, 0.1) is 5.60 Å². The lowest BCUT2D eigenvalue weighted by molar-refractivity contribution is -0.122. The SMILES string of the molecule is CNC(=O)CC[C@@]1(O)CCCN(Cc2ccncc2)C1. The third-order valence-corrected chi connectivity index (χ3v) is 3.89. The van der Waals surface area contributed by atoms with Crippen molar-refractivity contribution in [3.63, 3.8) is 0 Å². The molecule has 0 unspecified atom stereocenters. The van der Waals surface area contributed by atoms with E-state index in [0.717, 1.165) is 25.9 Å². The molecule has 2 heterocycles. The number of aromatic nitrogens is 1. The summed E-state index contributed by atoms with van der Waals surface area (Å²) in [5.74, 6) is -0.00955. The van der Waals surface area contributed by atoms with Gasteiger partial charge in [-0.1, -0.05) is 0 Å². The van der Waals surface area contributed by atoms with Crippen LogP contribution in [-0.4, -0.2) is 46.6 Å². The molecule has 1 fully saturated rings. The van der Waals surface area contributed by atoms with Gasteiger partial charge in [0.2, 0.25) is 5.91 Å². The zero-order chi connectivity index (χ0) is 14.4. The molecule has 0 bridgehead atoms.